The molecule has 0 saturated heterocycles. The lowest BCUT2D eigenvalue weighted by atomic mass is 9.85. The van der Waals surface area contributed by atoms with Crippen molar-refractivity contribution < 1.29 is 13.2 Å². The van der Waals surface area contributed by atoms with E-state index in [-0.39, 0.29) is 24.5 Å². The highest BCUT2D eigenvalue weighted by Gasteiger charge is 2.33. The molecule has 0 bridgehead atoms. The SMILES string of the molecule is CC(C)OCCS(=O)(=O)N(C)C1CCCCC1CN. The molecular formula is C13H28N2O3S. The van der Waals surface area contributed by atoms with Crippen molar-refractivity contribution in [2.24, 2.45) is 11.7 Å². The number of nitrogens with two attached hydrogens (primary N) is 1. The zero-order valence-electron chi connectivity index (χ0n) is 12.3. The zero-order valence-corrected chi connectivity index (χ0v) is 13.2. The molecule has 2 atom stereocenters. The van der Waals surface area contributed by atoms with Gasteiger partial charge in [0.15, 0.2) is 0 Å². The maximum atomic E-state index is 12.3. The first-order valence-electron chi connectivity index (χ1n) is 7.16. The van der Waals surface area contributed by atoms with E-state index in [1.54, 1.807) is 7.05 Å². The summed E-state index contributed by atoms with van der Waals surface area (Å²) in [6, 6.07) is 0.0581. The van der Waals surface area contributed by atoms with Gasteiger partial charge in [-0.15, -0.1) is 0 Å². The van der Waals surface area contributed by atoms with Gasteiger partial charge in [-0.2, -0.15) is 0 Å². The molecule has 19 heavy (non-hydrogen) atoms. The van der Waals surface area contributed by atoms with Gasteiger partial charge in [-0.05, 0) is 39.2 Å². The monoisotopic (exact) mass is 292 g/mol. The van der Waals surface area contributed by atoms with E-state index >= 15 is 0 Å². The highest BCUT2D eigenvalue weighted by molar-refractivity contribution is 7.89. The van der Waals surface area contributed by atoms with Gasteiger partial charge in [0, 0.05) is 13.1 Å². The van der Waals surface area contributed by atoms with Crippen molar-refractivity contribution >= 4 is 10.0 Å². The number of rotatable bonds is 7. The summed E-state index contributed by atoms with van der Waals surface area (Å²) in [5, 5.41) is 0. The van der Waals surface area contributed by atoms with Crippen molar-refractivity contribution in [1.82, 2.24) is 4.31 Å². The second-order valence-corrected chi connectivity index (χ2v) is 7.75. The Labute approximate surface area is 117 Å². The van der Waals surface area contributed by atoms with Crippen LogP contribution in [0.2, 0.25) is 0 Å². The molecule has 1 aliphatic rings. The fourth-order valence-corrected chi connectivity index (χ4v) is 3.97. The van der Waals surface area contributed by atoms with E-state index in [1.807, 2.05) is 13.8 Å². The summed E-state index contributed by atoms with van der Waals surface area (Å²) in [4.78, 5) is 0. The fourth-order valence-electron chi connectivity index (χ4n) is 2.68. The molecule has 0 spiro atoms. The molecule has 6 heteroatoms. The molecule has 0 amide bonds. The van der Waals surface area contributed by atoms with Crippen LogP contribution in [-0.2, 0) is 14.8 Å². The molecule has 0 aliphatic heterocycles. The molecule has 0 aromatic rings. The minimum Gasteiger partial charge on any atom is -0.378 e. The fraction of sp³-hybridized carbons (Fsp3) is 1.00. The van der Waals surface area contributed by atoms with Gasteiger partial charge in [0.2, 0.25) is 10.0 Å². The van der Waals surface area contributed by atoms with E-state index in [2.05, 4.69) is 0 Å². The highest BCUT2D eigenvalue weighted by atomic mass is 32.2. The molecule has 0 aromatic heterocycles. The first-order chi connectivity index (χ1) is 8.88. The van der Waals surface area contributed by atoms with Crippen molar-refractivity contribution in [3.63, 3.8) is 0 Å². The Morgan fingerprint density at radius 1 is 1.32 bits per heavy atom. The number of ether oxygens (including phenoxy) is 1. The van der Waals surface area contributed by atoms with Crippen molar-refractivity contribution in [3.05, 3.63) is 0 Å². The van der Waals surface area contributed by atoms with Gasteiger partial charge in [0.1, 0.15) is 0 Å². The van der Waals surface area contributed by atoms with Gasteiger partial charge in [0.25, 0.3) is 0 Å². The number of sulfonamides is 1. The van der Waals surface area contributed by atoms with E-state index in [1.165, 1.54) is 4.31 Å². The lowest BCUT2D eigenvalue weighted by molar-refractivity contribution is 0.0902. The molecule has 0 aromatic carbocycles. The molecule has 2 unspecified atom stereocenters. The molecular weight excluding hydrogens is 264 g/mol. The van der Waals surface area contributed by atoms with E-state index in [0.717, 1.165) is 25.7 Å². The van der Waals surface area contributed by atoms with Crippen LogP contribution in [0, 0.1) is 5.92 Å². The van der Waals surface area contributed by atoms with Crippen LogP contribution in [-0.4, -0.2) is 50.8 Å². The van der Waals surface area contributed by atoms with Crippen LogP contribution in [0.1, 0.15) is 39.5 Å². The summed E-state index contributed by atoms with van der Waals surface area (Å²) in [5.41, 5.74) is 5.77. The van der Waals surface area contributed by atoms with Crippen LogP contribution in [0.25, 0.3) is 0 Å². The predicted octanol–water partition coefficient (Wildman–Crippen LogP) is 1.19. The smallest absolute Gasteiger partial charge is 0.216 e. The van der Waals surface area contributed by atoms with Crippen LogP contribution < -0.4 is 5.73 Å². The average Bonchev–Trinajstić information content (AvgIpc) is 2.37. The zero-order chi connectivity index (χ0) is 14.5. The summed E-state index contributed by atoms with van der Waals surface area (Å²) >= 11 is 0. The standard InChI is InChI=1S/C13H28N2O3S/c1-11(2)18-8-9-19(16,17)15(3)13-7-5-4-6-12(13)10-14/h11-13H,4-10,14H2,1-3H3. The van der Waals surface area contributed by atoms with Gasteiger partial charge in [-0.3, -0.25) is 0 Å². The molecule has 5 nitrogen and oxygen atoms in total. The quantitative estimate of drug-likeness (QED) is 0.765. The van der Waals surface area contributed by atoms with Gasteiger partial charge in [0.05, 0.1) is 18.5 Å². The summed E-state index contributed by atoms with van der Waals surface area (Å²) in [5.74, 6) is 0.342. The molecule has 0 radical (unpaired) electrons. The summed E-state index contributed by atoms with van der Waals surface area (Å²) in [6.07, 6.45) is 4.25. The molecule has 114 valence electrons. The minimum absolute atomic E-state index is 0.0511. The van der Waals surface area contributed by atoms with E-state index in [9.17, 15) is 8.42 Å². The molecule has 0 heterocycles. The average molecular weight is 292 g/mol. The topological polar surface area (TPSA) is 72.6 Å². The number of hydrogen-bond donors (Lipinski definition) is 1. The maximum Gasteiger partial charge on any atom is 0.216 e. The first kappa shape index (κ1) is 16.9. The summed E-state index contributed by atoms with van der Waals surface area (Å²) < 4.78 is 31.4. The summed E-state index contributed by atoms with van der Waals surface area (Å²) in [6.45, 7) is 4.63. The number of hydrogen-bond acceptors (Lipinski definition) is 4. The summed E-state index contributed by atoms with van der Waals surface area (Å²) in [7, 11) is -1.56. The van der Waals surface area contributed by atoms with Crippen LogP contribution in [0.3, 0.4) is 0 Å². The second-order valence-electron chi connectivity index (χ2n) is 5.60. The van der Waals surface area contributed by atoms with Gasteiger partial charge in [-0.25, -0.2) is 12.7 Å². The first-order valence-corrected chi connectivity index (χ1v) is 8.76. The van der Waals surface area contributed by atoms with Gasteiger partial charge < -0.3 is 10.5 Å². The Balaban J connectivity index is 2.60. The van der Waals surface area contributed by atoms with Gasteiger partial charge >= 0.3 is 0 Å². The maximum absolute atomic E-state index is 12.3. The third-order valence-corrected chi connectivity index (χ3v) is 5.70. The normalized spacial score (nSPS) is 25.2. The molecule has 1 fully saturated rings. The Morgan fingerprint density at radius 3 is 2.53 bits per heavy atom. The van der Waals surface area contributed by atoms with Crippen LogP contribution in [0.15, 0.2) is 0 Å². The minimum atomic E-state index is -3.25. The Hall–Kier alpha value is -0.170. The highest BCUT2D eigenvalue weighted by Crippen LogP contribution is 2.28. The number of nitrogens with zero attached hydrogens (tertiary/aromatic N) is 1. The van der Waals surface area contributed by atoms with Crippen molar-refractivity contribution in [2.45, 2.75) is 51.7 Å². The van der Waals surface area contributed by atoms with E-state index in [4.69, 9.17) is 10.5 Å². The molecule has 1 aliphatic carbocycles. The van der Waals surface area contributed by atoms with Gasteiger partial charge in [-0.1, -0.05) is 12.8 Å². The van der Waals surface area contributed by atoms with Crippen molar-refractivity contribution in [1.29, 1.82) is 0 Å². The third-order valence-electron chi connectivity index (χ3n) is 3.87. The van der Waals surface area contributed by atoms with Crippen LogP contribution in [0.4, 0.5) is 0 Å². The predicted molar refractivity (Wildman–Crippen MR) is 77.4 cm³/mol. The largest absolute Gasteiger partial charge is 0.378 e. The third kappa shape index (κ3) is 5.02. The van der Waals surface area contributed by atoms with Crippen molar-refractivity contribution in [3.8, 4) is 0 Å². The Morgan fingerprint density at radius 2 is 1.95 bits per heavy atom. The Bertz CT molecular complexity index is 357. The van der Waals surface area contributed by atoms with E-state index in [0.29, 0.717) is 12.5 Å². The van der Waals surface area contributed by atoms with Crippen LogP contribution in [0.5, 0.6) is 0 Å². The second kappa shape index (κ2) is 7.57. The van der Waals surface area contributed by atoms with Crippen molar-refractivity contribution in [2.75, 3.05) is 26.0 Å². The lowest BCUT2D eigenvalue weighted by Crippen LogP contribution is -2.47. The van der Waals surface area contributed by atoms with Crippen LogP contribution >= 0.6 is 0 Å². The molecule has 2 N–H and O–H groups in total. The van der Waals surface area contributed by atoms with E-state index < -0.39 is 10.0 Å². The molecule has 1 saturated carbocycles. The Kier molecular flexibility index (Phi) is 6.73. The molecule has 1 rings (SSSR count). The lowest BCUT2D eigenvalue weighted by Gasteiger charge is -2.36.